The third-order valence-corrected chi connectivity index (χ3v) is 11.3. The summed E-state index contributed by atoms with van der Waals surface area (Å²) in [5.41, 5.74) is 11.6. The van der Waals surface area contributed by atoms with Crippen molar-refractivity contribution in [1.29, 1.82) is 0 Å². The largest absolute Gasteiger partial charge is 0.309 e. The second kappa shape index (κ2) is 11.5. The van der Waals surface area contributed by atoms with Crippen molar-refractivity contribution >= 4 is 76.2 Å². The van der Waals surface area contributed by atoms with E-state index in [4.69, 9.17) is 0 Å². The summed E-state index contributed by atoms with van der Waals surface area (Å²) in [5, 5.41) is 9.78. The van der Waals surface area contributed by atoms with Gasteiger partial charge < -0.3 is 9.13 Å². The van der Waals surface area contributed by atoms with Crippen molar-refractivity contribution in [3.63, 3.8) is 0 Å². The molecule has 0 N–H and O–H groups in total. The van der Waals surface area contributed by atoms with Crippen LogP contribution < -0.4 is 0 Å². The molecule has 12 aromatic rings. The Hall–Kier alpha value is -7.50. The molecule has 4 aromatic heterocycles. The first-order chi connectivity index (χ1) is 27.3. The number of aromatic nitrogens is 5. The van der Waals surface area contributed by atoms with Crippen LogP contribution in [-0.4, -0.2) is 23.7 Å². The molecule has 8 aromatic carbocycles. The molecule has 0 amide bonds. The maximum absolute atomic E-state index is 4.60. The van der Waals surface area contributed by atoms with E-state index in [0.29, 0.717) is 5.95 Å². The highest BCUT2D eigenvalue weighted by atomic mass is 15.1. The monoisotopic (exact) mass is 701 g/mol. The summed E-state index contributed by atoms with van der Waals surface area (Å²) in [4.78, 5) is 9.19. The molecule has 0 spiro atoms. The predicted octanol–water partition coefficient (Wildman–Crippen LogP) is 12.6. The third-order valence-electron chi connectivity index (χ3n) is 11.3. The average molecular weight is 702 g/mol. The molecular formula is C50H31N5. The van der Waals surface area contributed by atoms with E-state index in [9.17, 15) is 0 Å². The summed E-state index contributed by atoms with van der Waals surface area (Å²) in [6.07, 6.45) is 3.59. The maximum Gasteiger partial charge on any atom is 0.234 e. The van der Waals surface area contributed by atoms with Gasteiger partial charge in [-0.25, -0.2) is 9.97 Å². The molecule has 0 radical (unpaired) electrons. The molecule has 5 heteroatoms. The summed E-state index contributed by atoms with van der Waals surface area (Å²) < 4.78 is 6.98. The Morgan fingerprint density at radius 1 is 0.291 bits per heavy atom. The Morgan fingerprint density at radius 2 is 0.727 bits per heavy atom. The number of hydrogen-bond acceptors (Lipinski definition) is 2. The SMILES string of the molecule is c1cnc(-n2c3ccccc3c3cc(-c4ccc5c(c4)c4ccccc4n5-c4ccc5c(c4)c4ccccc4n5-c4ccc5ccccc5c4)ccc32)nc1. The van der Waals surface area contributed by atoms with E-state index in [1.54, 1.807) is 12.4 Å². The quantitative estimate of drug-likeness (QED) is 0.183. The van der Waals surface area contributed by atoms with Gasteiger partial charge in [-0.15, -0.1) is 0 Å². The number of hydrogen-bond donors (Lipinski definition) is 0. The fraction of sp³-hybridized carbons (Fsp3) is 0. The van der Waals surface area contributed by atoms with Gasteiger partial charge in [-0.1, -0.05) is 97.1 Å². The number of fused-ring (bicyclic) bond motifs is 10. The van der Waals surface area contributed by atoms with Crippen LogP contribution in [0.15, 0.2) is 188 Å². The first-order valence-corrected chi connectivity index (χ1v) is 18.7. The summed E-state index contributed by atoms with van der Waals surface area (Å²) in [5.74, 6) is 0.673. The smallest absolute Gasteiger partial charge is 0.234 e. The molecule has 0 saturated heterocycles. The highest BCUT2D eigenvalue weighted by molar-refractivity contribution is 6.14. The van der Waals surface area contributed by atoms with Gasteiger partial charge in [-0.3, -0.25) is 4.57 Å². The molecule has 0 atom stereocenters. The summed E-state index contributed by atoms with van der Waals surface area (Å²) in [6.45, 7) is 0. The molecule has 0 fully saturated rings. The molecule has 256 valence electrons. The lowest BCUT2D eigenvalue weighted by Crippen LogP contribution is -1.99. The van der Waals surface area contributed by atoms with E-state index in [-0.39, 0.29) is 0 Å². The molecule has 0 bridgehead atoms. The Morgan fingerprint density at radius 3 is 1.35 bits per heavy atom. The Bertz CT molecular complexity index is 3490. The molecule has 0 aliphatic rings. The van der Waals surface area contributed by atoms with Gasteiger partial charge >= 0.3 is 0 Å². The standard InChI is InChI=1S/C50H31N5/c1-2-11-33-28-36(21-18-32(33)10-1)53-45-16-7-4-14-40(45)43-31-37(22-25-48(43)53)54-44-15-6-3-12-38(44)41-29-34(19-23-47(41)54)35-20-24-49-42(30-35)39-13-5-8-17-46(39)55(49)50-51-26-9-27-52-50/h1-31H. The summed E-state index contributed by atoms with van der Waals surface area (Å²) in [6, 6.07) is 63.8. The zero-order valence-electron chi connectivity index (χ0n) is 29.6. The highest BCUT2D eigenvalue weighted by Gasteiger charge is 2.18. The molecule has 55 heavy (non-hydrogen) atoms. The van der Waals surface area contributed by atoms with Gasteiger partial charge in [-0.2, -0.15) is 0 Å². The van der Waals surface area contributed by atoms with Gasteiger partial charge in [0.15, 0.2) is 0 Å². The average Bonchev–Trinajstić information content (AvgIpc) is 3.89. The van der Waals surface area contributed by atoms with Gasteiger partial charge in [0.25, 0.3) is 0 Å². The predicted molar refractivity (Wildman–Crippen MR) is 228 cm³/mol. The highest BCUT2D eigenvalue weighted by Crippen LogP contribution is 2.40. The topological polar surface area (TPSA) is 40.6 Å². The van der Waals surface area contributed by atoms with Crippen molar-refractivity contribution in [3.05, 3.63) is 188 Å². The Labute approximate surface area is 315 Å². The van der Waals surface area contributed by atoms with Gasteiger partial charge in [0.05, 0.1) is 33.1 Å². The number of nitrogens with zero attached hydrogens (tertiary/aromatic N) is 5. The van der Waals surface area contributed by atoms with Crippen LogP contribution in [0.3, 0.4) is 0 Å². The minimum absolute atomic E-state index is 0.673. The molecule has 0 aliphatic carbocycles. The lowest BCUT2D eigenvalue weighted by atomic mass is 10.0. The van der Waals surface area contributed by atoms with Crippen LogP contribution in [0.25, 0.3) is 105 Å². The van der Waals surface area contributed by atoms with Crippen molar-refractivity contribution < 1.29 is 0 Å². The third kappa shape index (κ3) is 4.41. The van der Waals surface area contributed by atoms with E-state index in [0.717, 1.165) is 22.4 Å². The normalized spacial score (nSPS) is 12.0. The Balaban J connectivity index is 1.03. The summed E-state index contributed by atoms with van der Waals surface area (Å²) >= 11 is 0. The zero-order valence-corrected chi connectivity index (χ0v) is 29.6. The number of rotatable bonds is 4. The van der Waals surface area contributed by atoms with Gasteiger partial charge in [0.1, 0.15) is 0 Å². The summed E-state index contributed by atoms with van der Waals surface area (Å²) in [7, 11) is 0. The van der Waals surface area contributed by atoms with E-state index in [1.165, 1.54) is 76.3 Å². The molecule has 12 rings (SSSR count). The molecular weight excluding hydrogens is 671 g/mol. The van der Waals surface area contributed by atoms with Crippen LogP contribution in [-0.2, 0) is 0 Å². The van der Waals surface area contributed by atoms with Crippen molar-refractivity contribution in [1.82, 2.24) is 23.7 Å². The lowest BCUT2D eigenvalue weighted by Gasteiger charge is -2.11. The van der Waals surface area contributed by atoms with Crippen LogP contribution in [0.5, 0.6) is 0 Å². The fourth-order valence-corrected chi connectivity index (χ4v) is 8.90. The van der Waals surface area contributed by atoms with Crippen LogP contribution in [0, 0.1) is 0 Å². The number of benzene rings is 8. The van der Waals surface area contributed by atoms with Gasteiger partial charge in [0.2, 0.25) is 5.95 Å². The minimum atomic E-state index is 0.673. The van der Waals surface area contributed by atoms with E-state index < -0.39 is 0 Å². The molecule has 5 nitrogen and oxygen atoms in total. The maximum atomic E-state index is 4.60. The second-order valence-corrected chi connectivity index (χ2v) is 14.3. The first-order valence-electron chi connectivity index (χ1n) is 18.7. The second-order valence-electron chi connectivity index (χ2n) is 14.3. The van der Waals surface area contributed by atoms with E-state index in [2.05, 4.69) is 194 Å². The van der Waals surface area contributed by atoms with Crippen molar-refractivity contribution in [2.45, 2.75) is 0 Å². The fourth-order valence-electron chi connectivity index (χ4n) is 8.90. The van der Waals surface area contributed by atoms with Crippen LogP contribution in [0.4, 0.5) is 0 Å². The molecule has 0 aliphatic heterocycles. The van der Waals surface area contributed by atoms with E-state index >= 15 is 0 Å². The minimum Gasteiger partial charge on any atom is -0.309 e. The molecule has 4 heterocycles. The van der Waals surface area contributed by atoms with Crippen molar-refractivity contribution in [2.75, 3.05) is 0 Å². The number of para-hydroxylation sites is 3. The van der Waals surface area contributed by atoms with Crippen LogP contribution in [0.1, 0.15) is 0 Å². The first kappa shape index (κ1) is 30.0. The van der Waals surface area contributed by atoms with Crippen LogP contribution >= 0.6 is 0 Å². The lowest BCUT2D eigenvalue weighted by molar-refractivity contribution is 0.988. The van der Waals surface area contributed by atoms with Gasteiger partial charge in [0, 0.05) is 56.1 Å². The zero-order chi connectivity index (χ0) is 36.0. The molecule has 0 saturated carbocycles. The van der Waals surface area contributed by atoms with Crippen molar-refractivity contribution in [2.24, 2.45) is 0 Å². The molecule has 0 unspecified atom stereocenters. The van der Waals surface area contributed by atoms with Crippen molar-refractivity contribution in [3.8, 4) is 28.5 Å². The van der Waals surface area contributed by atoms with Gasteiger partial charge in [-0.05, 0) is 101 Å². The van der Waals surface area contributed by atoms with E-state index in [1.807, 2.05) is 6.07 Å². The Kier molecular flexibility index (Phi) is 6.27. The van der Waals surface area contributed by atoms with Crippen LogP contribution in [0.2, 0.25) is 0 Å².